The zero-order valence-corrected chi connectivity index (χ0v) is 45.5. The van der Waals surface area contributed by atoms with Crippen LogP contribution in [0.4, 0.5) is 0 Å². The van der Waals surface area contributed by atoms with Gasteiger partial charge in [-0.05, 0) is 121 Å². The summed E-state index contributed by atoms with van der Waals surface area (Å²) in [7, 11) is 0. The van der Waals surface area contributed by atoms with E-state index in [0.717, 1.165) is 22.3 Å². The van der Waals surface area contributed by atoms with E-state index in [1.807, 2.05) is 149 Å². The molecule has 0 N–H and O–H groups in total. The molecule has 8 aromatic carbocycles. The van der Waals surface area contributed by atoms with Gasteiger partial charge in [-0.25, -0.2) is 0 Å². The summed E-state index contributed by atoms with van der Waals surface area (Å²) in [5, 5.41) is 48.8. The summed E-state index contributed by atoms with van der Waals surface area (Å²) in [4.78, 5) is 17.5. The maximum Gasteiger partial charge on any atom is 2.00 e. The van der Waals surface area contributed by atoms with Crippen LogP contribution < -0.4 is 20.4 Å². The Bertz CT molecular complexity index is 2620. The molecule has 0 amide bonds. The molecule has 8 aromatic rings. The number of aliphatic imine (C=N–C) groups is 4. The van der Waals surface area contributed by atoms with Gasteiger partial charge < -0.3 is 20.4 Å². The van der Waals surface area contributed by atoms with Crippen LogP contribution in [0.1, 0.15) is 96.4 Å². The van der Waals surface area contributed by atoms with Gasteiger partial charge in [0.2, 0.25) is 0 Å². The summed E-state index contributed by atoms with van der Waals surface area (Å²) in [5.74, 6) is -0.0387. The Morgan fingerprint density at radius 1 is 0.284 bits per heavy atom. The molecular formula is C60H52Cl4Cu2N4O4. The predicted octanol–water partition coefficient (Wildman–Crippen LogP) is 14.4. The zero-order chi connectivity index (χ0) is 51.8. The van der Waals surface area contributed by atoms with Crippen molar-refractivity contribution in [2.75, 3.05) is 0 Å². The van der Waals surface area contributed by atoms with Gasteiger partial charge in [-0.1, -0.05) is 192 Å². The molecule has 0 heterocycles. The van der Waals surface area contributed by atoms with Gasteiger partial charge in [0.1, 0.15) is 0 Å². The minimum Gasteiger partial charge on any atom is -0.872 e. The van der Waals surface area contributed by atoms with E-state index in [2.05, 4.69) is 20.0 Å². The van der Waals surface area contributed by atoms with Crippen molar-refractivity contribution in [3.05, 3.63) is 259 Å². The van der Waals surface area contributed by atoms with Gasteiger partial charge in [0.15, 0.2) is 0 Å². The van der Waals surface area contributed by atoms with Gasteiger partial charge in [-0.15, -0.1) is 23.0 Å². The molecule has 0 aromatic heterocycles. The fourth-order valence-electron chi connectivity index (χ4n) is 6.43. The Morgan fingerprint density at radius 3 is 0.608 bits per heavy atom. The molecule has 74 heavy (non-hydrogen) atoms. The van der Waals surface area contributed by atoms with Crippen LogP contribution in [0.5, 0.6) is 23.0 Å². The molecule has 0 bridgehead atoms. The van der Waals surface area contributed by atoms with Gasteiger partial charge in [-0.3, -0.25) is 20.0 Å². The van der Waals surface area contributed by atoms with Crippen molar-refractivity contribution in [3.63, 3.8) is 0 Å². The SMILES string of the molecule is C[C@@H](N=Cc1ccccc1[O-])c1ccc(Cl)cc1.C[C@@H](N=Cc1ccccc1[O-])c1ccc(Cl)cc1.C[C@@H](N=Cc1ccccc1[O-])c1ccc(Cl)cc1.C[C@@H](N=Cc1ccccc1[O-])c1ccc(Cl)cc1.[Cu+2].[Cu+2]. The van der Waals surface area contributed by atoms with E-state index in [1.54, 1.807) is 73.4 Å². The fraction of sp³-hybridized carbons (Fsp3) is 0.133. The summed E-state index contributed by atoms with van der Waals surface area (Å²) in [6, 6.07) is 57.6. The molecule has 0 unspecified atom stereocenters. The number of halogens is 4. The van der Waals surface area contributed by atoms with Crippen molar-refractivity contribution < 1.29 is 54.6 Å². The largest absolute Gasteiger partial charge is 2.00 e. The van der Waals surface area contributed by atoms with Gasteiger partial charge >= 0.3 is 34.1 Å². The summed E-state index contributed by atoms with van der Waals surface area (Å²) in [5.41, 5.74) is 6.71. The van der Waals surface area contributed by atoms with Crippen LogP contribution in [0.2, 0.25) is 20.1 Å². The third-order valence-corrected chi connectivity index (χ3v) is 11.8. The van der Waals surface area contributed by atoms with Crippen molar-refractivity contribution in [1.82, 2.24) is 0 Å². The number of rotatable bonds is 12. The number of nitrogens with zero attached hydrogens (tertiary/aromatic N) is 4. The predicted molar refractivity (Wildman–Crippen MR) is 293 cm³/mol. The summed E-state index contributed by atoms with van der Waals surface area (Å²) in [6.07, 6.45) is 6.51. The maximum atomic E-state index is 11.5. The molecule has 0 aliphatic heterocycles. The molecule has 8 nitrogen and oxygen atoms in total. The second-order valence-electron chi connectivity index (χ2n) is 16.2. The smallest absolute Gasteiger partial charge is 0.872 e. The Hall–Kier alpha value is -6.16. The Balaban J connectivity index is 0.000000258. The molecule has 14 heteroatoms. The monoisotopic (exact) mass is 1160 g/mol. The van der Waals surface area contributed by atoms with Crippen LogP contribution >= 0.6 is 46.4 Å². The van der Waals surface area contributed by atoms with Gasteiger partial charge in [-0.2, -0.15) is 0 Å². The molecule has 0 spiro atoms. The average molecular weight is 1160 g/mol. The quantitative estimate of drug-likeness (QED) is 0.0887. The normalized spacial score (nSPS) is 12.4. The van der Waals surface area contributed by atoms with Crippen LogP contribution in [0.15, 0.2) is 214 Å². The summed E-state index contributed by atoms with van der Waals surface area (Å²) >= 11 is 23.3. The Morgan fingerprint density at radius 2 is 0.446 bits per heavy atom. The number of benzene rings is 8. The molecule has 0 aliphatic carbocycles. The molecule has 0 fully saturated rings. The fourth-order valence-corrected chi connectivity index (χ4v) is 6.93. The van der Waals surface area contributed by atoms with Crippen molar-refractivity contribution in [2.45, 2.75) is 51.9 Å². The van der Waals surface area contributed by atoms with E-state index in [-0.39, 0.29) is 81.3 Å². The van der Waals surface area contributed by atoms with E-state index < -0.39 is 0 Å². The first kappa shape index (κ1) is 62.1. The van der Waals surface area contributed by atoms with Gasteiger partial charge in [0.25, 0.3) is 0 Å². The van der Waals surface area contributed by atoms with Crippen LogP contribution in [0.3, 0.4) is 0 Å². The number of hydrogen-bond acceptors (Lipinski definition) is 8. The van der Waals surface area contributed by atoms with E-state index >= 15 is 0 Å². The van der Waals surface area contributed by atoms with Crippen molar-refractivity contribution in [3.8, 4) is 23.0 Å². The maximum absolute atomic E-state index is 11.5. The Kier molecular flexibility index (Phi) is 27.6. The van der Waals surface area contributed by atoms with E-state index in [0.29, 0.717) is 42.3 Å². The van der Waals surface area contributed by atoms with Crippen LogP contribution in [-0.2, 0) is 34.1 Å². The number of para-hydroxylation sites is 4. The van der Waals surface area contributed by atoms with Gasteiger partial charge in [0, 0.05) is 44.9 Å². The molecule has 4 atom stereocenters. The second kappa shape index (κ2) is 32.9. The molecule has 8 rings (SSSR count). The average Bonchev–Trinajstić information content (AvgIpc) is 3.39. The van der Waals surface area contributed by atoms with Crippen LogP contribution in [0, 0.1) is 0 Å². The molecule has 0 aliphatic rings. The minimum atomic E-state index is -0.00967. The molecule has 0 saturated heterocycles. The topological polar surface area (TPSA) is 142 Å². The molecular weight excluding hydrogens is 1110 g/mol. The first-order valence-corrected chi connectivity index (χ1v) is 24.4. The van der Waals surface area contributed by atoms with E-state index in [9.17, 15) is 20.4 Å². The summed E-state index contributed by atoms with van der Waals surface area (Å²) < 4.78 is 0. The first-order valence-electron chi connectivity index (χ1n) is 22.9. The minimum absolute atomic E-state index is 0. The zero-order valence-electron chi connectivity index (χ0n) is 40.6. The third-order valence-electron chi connectivity index (χ3n) is 10.8. The van der Waals surface area contributed by atoms with E-state index in [4.69, 9.17) is 46.4 Å². The standard InChI is InChI=1S/4C15H14ClNO.2Cu/c4*1-11(12-6-8-14(16)9-7-12)17-10-13-4-2-3-5-15(13)18;;/h4*2-11,18H,1H3;;/q;;;;2*+2/p-4/t4*11-;;/m1111../s1. The third kappa shape index (κ3) is 21.4. The van der Waals surface area contributed by atoms with Crippen LogP contribution in [-0.4, -0.2) is 24.9 Å². The van der Waals surface area contributed by atoms with Gasteiger partial charge in [0.05, 0.1) is 24.2 Å². The first-order chi connectivity index (χ1) is 34.7. The molecule has 2 radical (unpaired) electrons. The van der Waals surface area contributed by atoms with E-state index in [1.165, 1.54) is 24.3 Å². The van der Waals surface area contributed by atoms with Crippen molar-refractivity contribution in [2.24, 2.45) is 20.0 Å². The van der Waals surface area contributed by atoms with Crippen LogP contribution in [0.25, 0.3) is 0 Å². The number of hydrogen-bond donors (Lipinski definition) is 0. The Labute approximate surface area is 475 Å². The summed E-state index contributed by atoms with van der Waals surface area (Å²) in [6.45, 7) is 7.92. The van der Waals surface area contributed by atoms with Crippen molar-refractivity contribution in [1.29, 1.82) is 0 Å². The van der Waals surface area contributed by atoms with Crippen molar-refractivity contribution >= 4 is 71.3 Å². The molecule has 386 valence electrons. The second-order valence-corrected chi connectivity index (χ2v) is 17.9. The molecule has 0 saturated carbocycles.